The Balaban J connectivity index is 2.78. The van der Waals surface area contributed by atoms with E-state index in [9.17, 15) is 19.3 Å². The summed E-state index contributed by atoms with van der Waals surface area (Å²) >= 11 is 0. The SMILES string of the molecule is CCOC(=O)C(F)n1cnc([N+](=O)[O-])c1. The molecule has 0 aliphatic carbocycles. The predicted octanol–water partition coefficient (Wildman–Crippen LogP) is 0.822. The summed E-state index contributed by atoms with van der Waals surface area (Å²) in [5.74, 6) is -1.63. The zero-order valence-corrected chi connectivity index (χ0v) is 7.79. The van der Waals surface area contributed by atoms with Gasteiger partial charge in [0.15, 0.2) is 0 Å². The first-order valence-electron chi connectivity index (χ1n) is 4.04. The first kappa shape index (κ1) is 11.1. The standard InChI is InChI=1S/C7H8FN3O4/c1-2-15-7(12)6(8)10-3-5(9-4-10)11(13)14/h3-4,6H,2H2,1H3. The van der Waals surface area contributed by atoms with Gasteiger partial charge in [-0.15, -0.1) is 0 Å². The third-order valence-electron chi connectivity index (χ3n) is 1.52. The van der Waals surface area contributed by atoms with Crippen molar-refractivity contribution >= 4 is 11.8 Å². The van der Waals surface area contributed by atoms with Crippen molar-refractivity contribution in [1.82, 2.24) is 9.55 Å². The highest BCUT2D eigenvalue weighted by Gasteiger charge is 2.23. The monoisotopic (exact) mass is 217 g/mol. The molecular formula is C7H8FN3O4. The molecular weight excluding hydrogens is 209 g/mol. The van der Waals surface area contributed by atoms with Gasteiger partial charge in [0.2, 0.25) is 6.33 Å². The molecule has 0 amide bonds. The van der Waals surface area contributed by atoms with Gasteiger partial charge in [-0.05, 0) is 16.8 Å². The van der Waals surface area contributed by atoms with Crippen molar-refractivity contribution in [2.24, 2.45) is 0 Å². The zero-order valence-electron chi connectivity index (χ0n) is 7.79. The van der Waals surface area contributed by atoms with Gasteiger partial charge in [-0.3, -0.25) is 4.57 Å². The van der Waals surface area contributed by atoms with Crippen LogP contribution in [0, 0.1) is 10.1 Å². The number of nitro groups is 1. The lowest BCUT2D eigenvalue weighted by atomic mass is 10.6. The molecule has 1 aromatic heterocycles. The quantitative estimate of drug-likeness (QED) is 0.423. The lowest BCUT2D eigenvalue weighted by molar-refractivity contribution is -0.389. The molecule has 0 radical (unpaired) electrons. The highest BCUT2D eigenvalue weighted by Crippen LogP contribution is 2.14. The van der Waals surface area contributed by atoms with E-state index in [1.807, 2.05) is 0 Å². The summed E-state index contributed by atoms with van der Waals surface area (Å²) in [6.45, 7) is 1.57. The van der Waals surface area contributed by atoms with Crippen LogP contribution in [0.25, 0.3) is 0 Å². The van der Waals surface area contributed by atoms with Gasteiger partial charge < -0.3 is 14.9 Å². The van der Waals surface area contributed by atoms with Crippen molar-refractivity contribution in [3.05, 3.63) is 22.6 Å². The molecule has 1 atom stereocenters. The molecule has 0 spiro atoms. The molecule has 15 heavy (non-hydrogen) atoms. The molecule has 82 valence electrons. The Morgan fingerprint density at radius 3 is 3.00 bits per heavy atom. The van der Waals surface area contributed by atoms with Crippen molar-refractivity contribution in [3.8, 4) is 0 Å². The number of hydrogen-bond acceptors (Lipinski definition) is 5. The molecule has 7 nitrogen and oxygen atoms in total. The lowest BCUT2D eigenvalue weighted by Gasteiger charge is -2.06. The van der Waals surface area contributed by atoms with Crippen LogP contribution in [0.3, 0.4) is 0 Å². The van der Waals surface area contributed by atoms with Crippen LogP contribution in [-0.4, -0.2) is 27.1 Å². The summed E-state index contributed by atoms with van der Waals surface area (Å²) < 4.78 is 18.3. The third kappa shape index (κ3) is 2.48. The van der Waals surface area contributed by atoms with Gasteiger partial charge in [0.1, 0.15) is 6.20 Å². The Hall–Kier alpha value is -1.99. The minimum Gasteiger partial charge on any atom is -0.462 e. The summed E-state index contributed by atoms with van der Waals surface area (Å²) in [5.41, 5.74) is 0. The fraction of sp³-hybridized carbons (Fsp3) is 0.429. The molecule has 1 unspecified atom stereocenters. The van der Waals surface area contributed by atoms with Crippen LogP contribution in [0.5, 0.6) is 0 Å². The molecule has 8 heteroatoms. The van der Waals surface area contributed by atoms with Crippen LogP contribution in [0.4, 0.5) is 10.2 Å². The Bertz CT molecular complexity index is 378. The molecule has 0 aromatic carbocycles. The second-order valence-corrected chi connectivity index (χ2v) is 2.52. The van der Waals surface area contributed by atoms with E-state index in [0.717, 1.165) is 12.5 Å². The van der Waals surface area contributed by atoms with Gasteiger partial charge in [-0.25, -0.2) is 9.18 Å². The number of esters is 1. The van der Waals surface area contributed by atoms with Gasteiger partial charge in [-0.2, -0.15) is 0 Å². The molecule has 0 aliphatic rings. The van der Waals surface area contributed by atoms with Crippen molar-refractivity contribution in [1.29, 1.82) is 0 Å². The van der Waals surface area contributed by atoms with E-state index in [4.69, 9.17) is 0 Å². The molecule has 1 aromatic rings. The number of carbonyl (C=O) groups excluding carboxylic acids is 1. The number of aromatic nitrogens is 2. The Morgan fingerprint density at radius 2 is 2.53 bits per heavy atom. The minimum atomic E-state index is -2.11. The number of ether oxygens (including phenoxy) is 1. The van der Waals surface area contributed by atoms with E-state index in [-0.39, 0.29) is 6.61 Å². The maximum absolute atomic E-state index is 13.2. The molecule has 0 fully saturated rings. The van der Waals surface area contributed by atoms with Crippen molar-refractivity contribution in [2.75, 3.05) is 6.61 Å². The van der Waals surface area contributed by atoms with E-state index in [0.29, 0.717) is 4.57 Å². The highest BCUT2D eigenvalue weighted by molar-refractivity contribution is 5.72. The second kappa shape index (κ2) is 4.49. The molecule has 0 N–H and O–H groups in total. The summed E-state index contributed by atoms with van der Waals surface area (Å²) in [5, 5.41) is 10.2. The second-order valence-electron chi connectivity index (χ2n) is 2.52. The minimum absolute atomic E-state index is 0.0377. The number of carbonyl (C=O) groups is 1. The first-order chi connectivity index (χ1) is 7.06. The van der Waals surface area contributed by atoms with Crippen LogP contribution in [0.2, 0.25) is 0 Å². The molecule has 0 saturated heterocycles. The lowest BCUT2D eigenvalue weighted by Crippen LogP contribution is -2.16. The number of hydrogen-bond donors (Lipinski definition) is 0. The Morgan fingerprint density at radius 1 is 1.87 bits per heavy atom. The molecule has 0 aliphatic heterocycles. The number of halogens is 1. The number of nitrogens with zero attached hydrogens (tertiary/aromatic N) is 3. The van der Waals surface area contributed by atoms with E-state index < -0.39 is 23.0 Å². The van der Waals surface area contributed by atoms with Crippen molar-refractivity contribution in [3.63, 3.8) is 0 Å². The fourth-order valence-corrected chi connectivity index (χ4v) is 0.877. The summed E-state index contributed by atoms with van der Waals surface area (Å²) in [7, 11) is 0. The smallest absolute Gasteiger partial charge is 0.381 e. The molecule has 1 heterocycles. The van der Waals surface area contributed by atoms with Crippen LogP contribution < -0.4 is 0 Å². The summed E-state index contributed by atoms with van der Waals surface area (Å²) in [6, 6.07) is 0. The van der Waals surface area contributed by atoms with Crippen LogP contribution in [-0.2, 0) is 9.53 Å². The topological polar surface area (TPSA) is 87.3 Å². The van der Waals surface area contributed by atoms with E-state index in [1.165, 1.54) is 6.92 Å². The number of alkyl halides is 1. The van der Waals surface area contributed by atoms with Gasteiger partial charge in [0.05, 0.1) is 6.61 Å². The van der Waals surface area contributed by atoms with Crippen LogP contribution >= 0.6 is 0 Å². The molecule has 0 bridgehead atoms. The molecule has 1 rings (SSSR count). The largest absolute Gasteiger partial charge is 0.462 e. The van der Waals surface area contributed by atoms with Crippen LogP contribution in [0.15, 0.2) is 12.5 Å². The van der Waals surface area contributed by atoms with Crippen LogP contribution in [0.1, 0.15) is 13.2 Å². The summed E-state index contributed by atoms with van der Waals surface area (Å²) in [6.07, 6.45) is -0.424. The van der Waals surface area contributed by atoms with Crippen molar-refractivity contribution < 1.29 is 18.8 Å². The first-order valence-corrected chi connectivity index (χ1v) is 4.04. The number of imidazole rings is 1. The fourth-order valence-electron chi connectivity index (χ4n) is 0.877. The number of rotatable bonds is 4. The Labute approximate surface area is 83.6 Å². The van der Waals surface area contributed by atoms with Crippen molar-refractivity contribution in [2.45, 2.75) is 13.2 Å². The Kier molecular flexibility index (Phi) is 3.32. The normalized spacial score (nSPS) is 12.1. The maximum atomic E-state index is 13.2. The summed E-state index contributed by atoms with van der Waals surface area (Å²) in [4.78, 5) is 23.6. The van der Waals surface area contributed by atoms with E-state index in [2.05, 4.69) is 9.72 Å². The molecule has 0 saturated carbocycles. The zero-order chi connectivity index (χ0) is 11.4. The third-order valence-corrected chi connectivity index (χ3v) is 1.52. The van der Waals surface area contributed by atoms with Gasteiger partial charge in [-0.1, -0.05) is 0 Å². The van der Waals surface area contributed by atoms with E-state index in [1.54, 1.807) is 0 Å². The van der Waals surface area contributed by atoms with Gasteiger partial charge in [0, 0.05) is 0 Å². The highest BCUT2D eigenvalue weighted by atomic mass is 19.1. The maximum Gasteiger partial charge on any atom is 0.381 e. The van der Waals surface area contributed by atoms with Gasteiger partial charge in [0.25, 0.3) is 6.30 Å². The van der Waals surface area contributed by atoms with E-state index >= 15 is 0 Å². The average molecular weight is 217 g/mol. The average Bonchev–Trinajstić information content (AvgIpc) is 2.65. The van der Waals surface area contributed by atoms with Gasteiger partial charge >= 0.3 is 11.8 Å². The predicted molar refractivity (Wildman–Crippen MR) is 45.7 cm³/mol.